The Hall–Kier alpha value is -0.450. The summed E-state index contributed by atoms with van der Waals surface area (Å²) in [6.45, 7) is 3.88. The van der Waals surface area contributed by atoms with Gasteiger partial charge in [-0.25, -0.2) is 4.98 Å². The number of aromatic nitrogens is 1. The monoisotopic (exact) mass is 225 g/mol. The van der Waals surface area contributed by atoms with Crippen LogP contribution in [0.15, 0.2) is 5.51 Å². The van der Waals surface area contributed by atoms with Crippen molar-refractivity contribution in [2.75, 3.05) is 13.6 Å². The molecule has 84 valence electrons. The molecule has 0 aliphatic heterocycles. The summed E-state index contributed by atoms with van der Waals surface area (Å²) in [5, 5.41) is 0. The number of nitrogens with two attached hydrogens (primary N) is 1. The lowest BCUT2D eigenvalue weighted by molar-refractivity contribution is 0.256. The lowest BCUT2D eigenvalue weighted by atomic mass is 10.2. The zero-order valence-corrected chi connectivity index (χ0v) is 10.3. The van der Waals surface area contributed by atoms with Gasteiger partial charge in [-0.05, 0) is 26.8 Å². The van der Waals surface area contributed by atoms with Crippen LogP contribution in [0, 0.1) is 0 Å². The highest BCUT2D eigenvalue weighted by Gasteiger charge is 2.28. The smallest absolute Gasteiger partial charge is 0.0798 e. The average molecular weight is 225 g/mol. The van der Waals surface area contributed by atoms with Crippen molar-refractivity contribution in [1.82, 2.24) is 9.88 Å². The van der Waals surface area contributed by atoms with Gasteiger partial charge in [-0.3, -0.25) is 4.90 Å². The number of thiazole rings is 1. The third-order valence-electron chi connectivity index (χ3n) is 3.12. The van der Waals surface area contributed by atoms with Crippen molar-refractivity contribution >= 4 is 11.3 Å². The number of hydrogen-bond donors (Lipinski definition) is 1. The number of rotatable bonds is 5. The molecule has 4 heteroatoms. The van der Waals surface area contributed by atoms with Crippen LogP contribution >= 0.6 is 11.3 Å². The fourth-order valence-electron chi connectivity index (χ4n) is 1.65. The van der Waals surface area contributed by atoms with Gasteiger partial charge in [-0.2, -0.15) is 0 Å². The molecule has 1 heterocycles. The maximum atomic E-state index is 5.66. The molecule has 0 radical (unpaired) electrons. The van der Waals surface area contributed by atoms with Crippen LogP contribution in [0.1, 0.15) is 36.3 Å². The minimum absolute atomic E-state index is 0.444. The first kappa shape index (κ1) is 11.0. The maximum Gasteiger partial charge on any atom is 0.0798 e. The summed E-state index contributed by atoms with van der Waals surface area (Å²) >= 11 is 1.78. The normalized spacial score (nSPS) is 18.4. The Morgan fingerprint density at radius 2 is 2.40 bits per heavy atom. The molecule has 0 aromatic carbocycles. The summed E-state index contributed by atoms with van der Waals surface area (Å²) < 4.78 is 0. The molecule has 0 amide bonds. The van der Waals surface area contributed by atoms with Crippen molar-refractivity contribution in [3.63, 3.8) is 0 Å². The molecule has 15 heavy (non-hydrogen) atoms. The Labute approximate surface area is 95.3 Å². The van der Waals surface area contributed by atoms with Crippen LogP contribution in [-0.4, -0.2) is 29.5 Å². The Morgan fingerprint density at radius 3 is 3.00 bits per heavy atom. The van der Waals surface area contributed by atoms with E-state index in [1.807, 2.05) is 5.51 Å². The average Bonchev–Trinajstić information content (AvgIpc) is 2.99. The quantitative estimate of drug-likeness (QED) is 0.831. The second-order valence-electron chi connectivity index (χ2n) is 4.43. The van der Waals surface area contributed by atoms with E-state index in [4.69, 9.17) is 5.73 Å². The van der Waals surface area contributed by atoms with Crippen LogP contribution in [0.2, 0.25) is 0 Å². The molecule has 0 bridgehead atoms. The molecule has 1 saturated carbocycles. The first-order valence-corrected chi connectivity index (χ1v) is 6.43. The lowest BCUT2D eigenvalue weighted by Crippen LogP contribution is -2.34. The van der Waals surface area contributed by atoms with Crippen LogP contribution in [0.3, 0.4) is 0 Å². The maximum absolute atomic E-state index is 5.66. The summed E-state index contributed by atoms with van der Waals surface area (Å²) in [6.07, 6.45) is 2.65. The van der Waals surface area contributed by atoms with Gasteiger partial charge in [-0.1, -0.05) is 0 Å². The summed E-state index contributed by atoms with van der Waals surface area (Å²) in [4.78, 5) is 8.21. The molecule has 0 saturated heterocycles. The first-order valence-electron chi connectivity index (χ1n) is 5.55. The minimum atomic E-state index is 0.444. The third-order valence-corrected chi connectivity index (χ3v) is 3.96. The fourth-order valence-corrected chi connectivity index (χ4v) is 2.56. The van der Waals surface area contributed by atoms with Crippen LogP contribution in [0.4, 0.5) is 0 Å². The summed E-state index contributed by atoms with van der Waals surface area (Å²) in [5.41, 5.74) is 8.98. The predicted octanol–water partition coefficient (Wildman–Crippen LogP) is 1.80. The van der Waals surface area contributed by atoms with E-state index in [0.29, 0.717) is 12.6 Å². The lowest BCUT2D eigenvalue weighted by Gasteiger charge is -2.22. The van der Waals surface area contributed by atoms with Gasteiger partial charge in [0.25, 0.3) is 0 Å². The molecule has 1 aliphatic carbocycles. The van der Waals surface area contributed by atoms with Crippen LogP contribution < -0.4 is 5.73 Å². The number of hydrogen-bond acceptors (Lipinski definition) is 4. The Morgan fingerprint density at radius 1 is 1.67 bits per heavy atom. The second kappa shape index (κ2) is 4.60. The molecule has 1 atom stereocenters. The molecular formula is C11H19N3S. The van der Waals surface area contributed by atoms with E-state index in [2.05, 4.69) is 23.9 Å². The van der Waals surface area contributed by atoms with E-state index >= 15 is 0 Å². The molecule has 1 aliphatic rings. The summed E-state index contributed by atoms with van der Waals surface area (Å²) in [5.74, 6) is 0.757. The van der Waals surface area contributed by atoms with Gasteiger partial charge >= 0.3 is 0 Å². The van der Waals surface area contributed by atoms with E-state index in [1.165, 1.54) is 23.4 Å². The largest absolute Gasteiger partial charge is 0.329 e. The first-order chi connectivity index (χ1) is 7.22. The van der Waals surface area contributed by atoms with E-state index in [-0.39, 0.29) is 0 Å². The topological polar surface area (TPSA) is 42.1 Å². The summed E-state index contributed by atoms with van der Waals surface area (Å²) in [6, 6.07) is 0.444. The van der Waals surface area contributed by atoms with Crippen LogP contribution in [-0.2, 0) is 6.54 Å². The molecule has 1 aromatic heterocycles. The SMILES string of the molecule is CC(CN)N(C)Cc1scnc1C1CC1. The van der Waals surface area contributed by atoms with E-state index in [0.717, 1.165) is 12.5 Å². The van der Waals surface area contributed by atoms with Gasteiger partial charge < -0.3 is 5.73 Å². The molecule has 3 nitrogen and oxygen atoms in total. The van der Waals surface area contributed by atoms with Gasteiger partial charge in [0.2, 0.25) is 0 Å². The van der Waals surface area contributed by atoms with E-state index < -0.39 is 0 Å². The molecular weight excluding hydrogens is 206 g/mol. The molecule has 1 fully saturated rings. The van der Waals surface area contributed by atoms with Crippen molar-refractivity contribution in [1.29, 1.82) is 0 Å². The van der Waals surface area contributed by atoms with Crippen LogP contribution in [0.5, 0.6) is 0 Å². The molecule has 0 spiro atoms. The van der Waals surface area contributed by atoms with Crippen molar-refractivity contribution in [2.45, 2.75) is 38.3 Å². The molecule has 1 unspecified atom stereocenters. The Balaban J connectivity index is 2.00. The van der Waals surface area contributed by atoms with Gasteiger partial charge in [0, 0.05) is 29.9 Å². The zero-order chi connectivity index (χ0) is 10.8. The summed E-state index contributed by atoms with van der Waals surface area (Å²) in [7, 11) is 2.13. The van der Waals surface area contributed by atoms with Crippen LogP contribution in [0.25, 0.3) is 0 Å². The molecule has 2 N–H and O–H groups in total. The van der Waals surface area contributed by atoms with E-state index in [9.17, 15) is 0 Å². The highest BCUT2D eigenvalue weighted by atomic mass is 32.1. The van der Waals surface area contributed by atoms with E-state index in [1.54, 1.807) is 11.3 Å². The van der Waals surface area contributed by atoms with Crippen molar-refractivity contribution in [3.05, 3.63) is 16.1 Å². The minimum Gasteiger partial charge on any atom is -0.329 e. The van der Waals surface area contributed by atoms with Gasteiger partial charge in [0.05, 0.1) is 11.2 Å². The highest BCUT2D eigenvalue weighted by Crippen LogP contribution is 2.42. The predicted molar refractivity (Wildman–Crippen MR) is 64.1 cm³/mol. The fraction of sp³-hybridized carbons (Fsp3) is 0.727. The molecule has 2 rings (SSSR count). The van der Waals surface area contributed by atoms with Gasteiger partial charge in [0.15, 0.2) is 0 Å². The van der Waals surface area contributed by atoms with Crippen molar-refractivity contribution in [2.24, 2.45) is 5.73 Å². The standard InChI is InChI=1S/C11H19N3S/c1-8(5-12)14(2)6-10-11(9-3-4-9)13-7-15-10/h7-9H,3-6,12H2,1-2H3. The van der Waals surface area contributed by atoms with Gasteiger partial charge in [0.1, 0.15) is 0 Å². The number of nitrogens with zero attached hydrogens (tertiary/aromatic N) is 2. The zero-order valence-electron chi connectivity index (χ0n) is 9.44. The third kappa shape index (κ3) is 2.56. The Bertz CT molecular complexity index is 319. The highest BCUT2D eigenvalue weighted by molar-refractivity contribution is 7.09. The van der Waals surface area contributed by atoms with Gasteiger partial charge in [-0.15, -0.1) is 11.3 Å². The second-order valence-corrected chi connectivity index (χ2v) is 5.37. The number of likely N-dealkylation sites (N-methyl/N-ethyl adjacent to an activating group) is 1. The van der Waals surface area contributed by atoms with Crippen molar-refractivity contribution < 1.29 is 0 Å². The Kier molecular flexibility index (Phi) is 3.38. The molecule has 1 aromatic rings. The van der Waals surface area contributed by atoms with Crippen molar-refractivity contribution in [3.8, 4) is 0 Å².